The molecule has 1 aliphatic rings. The first-order chi connectivity index (χ1) is 9.52. The molecule has 1 aromatic carbocycles. The summed E-state index contributed by atoms with van der Waals surface area (Å²) in [7, 11) is 1.41. The maximum Gasteiger partial charge on any atom is 0.308 e. The van der Waals surface area contributed by atoms with Crippen molar-refractivity contribution in [1.82, 2.24) is 4.90 Å². The van der Waals surface area contributed by atoms with Gasteiger partial charge in [-0.1, -0.05) is 6.07 Å². The van der Waals surface area contributed by atoms with E-state index in [2.05, 4.69) is 15.9 Å². The fraction of sp³-hybridized carbons (Fsp3) is 0.467. The third kappa shape index (κ3) is 3.20. The molecule has 2 rings (SSSR count). The molecule has 1 heterocycles. The van der Waals surface area contributed by atoms with Gasteiger partial charge in [0.1, 0.15) is 0 Å². The summed E-state index contributed by atoms with van der Waals surface area (Å²) in [5.41, 5.74) is 1.78. The van der Waals surface area contributed by atoms with E-state index in [4.69, 9.17) is 4.74 Å². The number of rotatable bonds is 2. The van der Waals surface area contributed by atoms with Gasteiger partial charge in [0, 0.05) is 17.6 Å². The number of esters is 1. The highest BCUT2D eigenvalue weighted by molar-refractivity contribution is 9.10. The maximum absolute atomic E-state index is 12.5. The zero-order chi connectivity index (χ0) is 14.7. The summed E-state index contributed by atoms with van der Waals surface area (Å²) in [6.07, 6.45) is 1.34. The maximum atomic E-state index is 12.5. The number of hydrogen-bond acceptors (Lipinski definition) is 3. The predicted molar refractivity (Wildman–Crippen MR) is 79.5 cm³/mol. The van der Waals surface area contributed by atoms with Gasteiger partial charge in [0.05, 0.1) is 18.6 Å². The van der Waals surface area contributed by atoms with Crippen molar-refractivity contribution in [3.8, 4) is 0 Å². The van der Waals surface area contributed by atoms with Crippen LogP contribution in [-0.4, -0.2) is 37.0 Å². The zero-order valence-electron chi connectivity index (χ0n) is 11.7. The molecule has 1 fully saturated rings. The van der Waals surface area contributed by atoms with Crippen molar-refractivity contribution in [3.05, 3.63) is 33.8 Å². The molecule has 0 atom stereocenters. The molecule has 1 aliphatic heterocycles. The van der Waals surface area contributed by atoms with Gasteiger partial charge in [-0.3, -0.25) is 9.59 Å². The number of aryl methyl sites for hydroxylation is 1. The first kappa shape index (κ1) is 15.0. The molecular formula is C15H18BrNO3. The van der Waals surface area contributed by atoms with Crippen LogP contribution in [0.15, 0.2) is 22.7 Å². The number of carbonyl (C=O) groups is 2. The minimum absolute atomic E-state index is 0.0141. The van der Waals surface area contributed by atoms with Gasteiger partial charge in [0.2, 0.25) is 0 Å². The van der Waals surface area contributed by atoms with Crippen LogP contribution in [0.4, 0.5) is 0 Å². The number of ether oxygens (including phenoxy) is 1. The molecule has 108 valence electrons. The lowest BCUT2D eigenvalue weighted by atomic mass is 9.96. The van der Waals surface area contributed by atoms with Crippen molar-refractivity contribution in [1.29, 1.82) is 0 Å². The molecule has 0 aromatic heterocycles. The minimum Gasteiger partial charge on any atom is -0.469 e. The van der Waals surface area contributed by atoms with Crippen LogP contribution >= 0.6 is 15.9 Å². The highest BCUT2D eigenvalue weighted by atomic mass is 79.9. The van der Waals surface area contributed by atoms with Crippen molar-refractivity contribution >= 4 is 27.8 Å². The van der Waals surface area contributed by atoms with Crippen LogP contribution in [0.25, 0.3) is 0 Å². The van der Waals surface area contributed by atoms with E-state index < -0.39 is 0 Å². The summed E-state index contributed by atoms with van der Waals surface area (Å²) in [6.45, 7) is 3.18. The molecular weight excluding hydrogens is 322 g/mol. The van der Waals surface area contributed by atoms with E-state index in [1.807, 2.05) is 25.1 Å². The van der Waals surface area contributed by atoms with Crippen molar-refractivity contribution < 1.29 is 14.3 Å². The van der Waals surface area contributed by atoms with E-state index in [9.17, 15) is 9.59 Å². The Morgan fingerprint density at radius 2 is 1.95 bits per heavy atom. The van der Waals surface area contributed by atoms with E-state index in [0.29, 0.717) is 31.5 Å². The molecule has 1 saturated heterocycles. The monoisotopic (exact) mass is 339 g/mol. The number of benzene rings is 1. The van der Waals surface area contributed by atoms with Crippen LogP contribution in [-0.2, 0) is 9.53 Å². The van der Waals surface area contributed by atoms with E-state index in [1.54, 1.807) is 4.90 Å². The van der Waals surface area contributed by atoms with E-state index in [1.165, 1.54) is 7.11 Å². The lowest BCUT2D eigenvalue weighted by Gasteiger charge is -2.31. The SMILES string of the molecule is COC(=O)C1CCN(C(=O)c2ccc(C)cc2Br)CC1. The predicted octanol–water partition coefficient (Wildman–Crippen LogP) is 2.78. The average molecular weight is 340 g/mol. The summed E-state index contributed by atoms with van der Waals surface area (Å²) in [4.78, 5) is 25.7. The first-order valence-electron chi connectivity index (χ1n) is 6.66. The van der Waals surface area contributed by atoms with Crippen LogP contribution in [0.1, 0.15) is 28.8 Å². The van der Waals surface area contributed by atoms with Gasteiger partial charge in [-0.05, 0) is 53.4 Å². The Kier molecular flexibility index (Phi) is 4.81. The molecule has 1 aromatic rings. The van der Waals surface area contributed by atoms with Crippen molar-refractivity contribution in [2.45, 2.75) is 19.8 Å². The standard InChI is InChI=1S/C15H18BrNO3/c1-10-3-4-12(13(16)9-10)14(18)17-7-5-11(6-8-17)15(19)20-2/h3-4,9,11H,5-8H2,1-2H3. The highest BCUT2D eigenvalue weighted by Crippen LogP contribution is 2.24. The number of methoxy groups -OCH3 is 1. The number of carbonyl (C=O) groups excluding carboxylic acids is 2. The summed E-state index contributed by atoms with van der Waals surface area (Å²) in [5, 5.41) is 0. The van der Waals surface area contributed by atoms with Gasteiger partial charge in [-0.25, -0.2) is 0 Å². The number of nitrogens with zero attached hydrogens (tertiary/aromatic N) is 1. The Morgan fingerprint density at radius 1 is 1.30 bits per heavy atom. The lowest BCUT2D eigenvalue weighted by Crippen LogP contribution is -2.40. The summed E-state index contributed by atoms with van der Waals surface area (Å²) in [5.74, 6) is -0.237. The van der Waals surface area contributed by atoms with Crippen molar-refractivity contribution in [2.24, 2.45) is 5.92 Å². The van der Waals surface area contributed by atoms with Crippen LogP contribution in [0.2, 0.25) is 0 Å². The molecule has 0 spiro atoms. The van der Waals surface area contributed by atoms with Crippen LogP contribution in [0.3, 0.4) is 0 Å². The van der Waals surface area contributed by atoms with Gasteiger partial charge in [-0.15, -0.1) is 0 Å². The largest absolute Gasteiger partial charge is 0.469 e. The Bertz CT molecular complexity index is 522. The fourth-order valence-corrected chi connectivity index (χ4v) is 3.11. The fourth-order valence-electron chi connectivity index (χ4n) is 2.45. The smallest absolute Gasteiger partial charge is 0.308 e. The summed E-state index contributed by atoms with van der Waals surface area (Å²) < 4.78 is 5.57. The molecule has 20 heavy (non-hydrogen) atoms. The third-order valence-corrected chi connectivity index (χ3v) is 4.33. The number of piperidine rings is 1. The number of hydrogen-bond donors (Lipinski definition) is 0. The Hall–Kier alpha value is -1.36. The molecule has 1 amide bonds. The van der Waals surface area contributed by atoms with Crippen LogP contribution < -0.4 is 0 Å². The Labute approximate surface area is 127 Å². The first-order valence-corrected chi connectivity index (χ1v) is 7.45. The quantitative estimate of drug-likeness (QED) is 0.778. The topological polar surface area (TPSA) is 46.6 Å². The van der Waals surface area contributed by atoms with Crippen molar-refractivity contribution in [2.75, 3.05) is 20.2 Å². The molecule has 0 N–H and O–H groups in total. The molecule has 5 heteroatoms. The summed E-state index contributed by atoms with van der Waals surface area (Å²) >= 11 is 3.44. The second-order valence-electron chi connectivity index (χ2n) is 5.07. The second-order valence-corrected chi connectivity index (χ2v) is 5.93. The van der Waals surface area contributed by atoms with E-state index in [-0.39, 0.29) is 17.8 Å². The zero-order valence-corrected chi connectivity index (χ0v) is 13.3. The minimum atomic E-state index is -0.173. The molecule has 0 aliphatic carbocycles. The molecule has 0 saturated carbocycles. The van der Waals surface area contributed by atoms with Gasteiger partial charge >= 0.3 is 5.97 Å². The van der Waals surface area contributed by atoms with Gasteiger partial charge < -0.3 is 9.64 Å². The van der Waals surface area contributed by atoms with Crippen LogP contribution in [0, 0.1) is 12.8 Å². The van der Waals surface area contributed by atoms with E-state index in [0.717, 1.165) is 10.0 Å². The molecule has 0 radical (unpaired) electrons. The second kappa shape index (κ2) is 6.39. The van der Waals surface area contributed by atoms with Crippen molar-refractivity contribution in [3.63, 3.8) is 0 Å². The molecule has 0 bridgehead atoms. The van der Waals surface area contributed by atoms with E-state index >= 15 is 0 Å². The van der Waals surface area contributed by atoms with Gasteiger partial charge in [0.25, 0.3) is 5.91 Å². The molecule has 0 unspecified atom stereocenters. The summed E-state index contributed by atoms with van der Waals surface area (Å²) in [6, 6.07) is 5.71. The van der Waals surface area contributed by atoms with Crippen LogP contribution in [0.5, 0.6) is 0 Å². The lowest BCUT2D eigenvalue weighted by molar-refractivity contribution is -0.146. The molecule has 4 nitrogen and oxygen atoms in total. The van der Waals surface area contributed by atoms with Gasteiger partial charge in [-0.2, -0.15) is 0 Å². The number of likely N-dealkylation sites (tertiary alicyclic amines) is 1. The Morgan fingerprint density at radius 3 is 2.50 bits per heavy atom. The third-order valence-electron chi connectivity index (χ3n) is 3.67. The normalized spacial score (nSPS) is 16.1. The number of amides is 1. The average Bonchev–Trinajstić information content (AvgIpc) is 2.46. The highest BCUT2D eigenvalue weighted by Gasteiger charge is 2.28. The number of halogens is 1. The Balaban J connectivity index is 2.03. The van der Waals surface area contributed by atoms with Gasteiger partial charge in [0.15, 0.2) is 0 Å².